The van der Waals surface area contributed by atoms with E-state index in [0.717, 1.165) is 0 Å². The van der Waals surface area contributed by atoms with Crippen molar-refractivity contribution in [1.82, 2.24) is 9.97 Å². The number of carbonyl (C=O) groups is 1. The zero-order valence-electron chi connectivity index (χ0n) is 8.67. The van der Waals surface area contributed by atoms with E-state index < -0.39 is 0 Å². The van der Waals surface area contributed by atoms with Crippen LogP contribution in [0.2, 0.25) is 10.3 Å². The first-order chi connectivity index (χ1) is 7.65. The van der Waals surface area contributed by atoms with Crippen LogP contribution in [0.4, 0.5) is 5.69 Å². The van der Waals surface area contributed by atoms with Crippen LogP contribution in [0.25, 0.3) is 0 Å². The Morgan fingerprint density at radius 3 is 2.62 bits per heavy atom. The van der Waals surface area contributed by atoms with Crippen LogP contribution in [0.3, 0.4) is 0 Å². The van der Waals surface area contributed by atoms with E-state index in [9.17, 15) is 4.79 Å². The van der Waals surface area contributed by atoms with Gasteiger partial charge in [-0.25, -0.2) is 9.97 Å². The van der Waals surface area contributed by atoms with Crippen molar-refractivity contribution < 1.29 is 9.53 Å². The van der Waals surface area contributed by atoms with Crippen molar-refractivity contribution in [3.63, 3.8) is 0 Å². The number of aromatic nitrogens is 2. The fraction of sp³-hybridized carbons (Fsp3) is 0.444. The number of nitrogens with zero attached hydrogens (tertiary/aromatic N) is 2. The van der Waals surface area contributed by atoms with Crippen LogP contribution in [0.1, 0.15) is 12.8 Å². The minimum absolute atomic E-state index is 0.125. The molecule has 0 saturated carbocycles. The molecule has 0 aliphatic carbocycles. The lowest BCUT2D eigenvalue weighted by atomic mass is 10.3. The van der Waals surface area contributed by atoms with Gasteiger partial charge in [0.1, 0.15) is 12.0 Å². The van der Waals surface area contributed by atoms with Gasteiger partial charge in [-0.15, -0.1) is 0 Å². The van der Waals surface area contributed by atoms with Crippen LogP contribution in [0.5, 0.6) is 0 Å². The van der Waals surface area contributed by atoms with Crippen LogP contribution in [-0.2, 0) is 9.53 Å². The number of nitrogens with one attached hydrogen (secondary N) is 1. The molecule has 1 aromatic heterocycles. The molecule has 0 aromatic carbocycles. The first-order valence-electron chi connectivity index (χ1n) is 4.60. The molecule has 1 rings (SSSR count). The average molecular weight is 264 g/mol. The largest absolute Gasteiger partial charge is 0.385 e. The number of carbonyl (C=O) groups excluding carboxylic acids is 1. The third kappa shape index (κ3) is 3.92. The van der Waals surface area contributed by atoms with Gasteiger partial charge in [0.05, 0.1) is 0 Å². The van der Waals surface area contributed by atoms with E-state index in [4.69, 9.17) is 27.9 Å². The molecule has 16 heavy (non-hydrogen) atoms. The zero-order valence-corrected chi connectivity index (χ0v) is 10.2. The molecule has 0 unspecified atom stereocenters. The van der Waals surface area contributed by atoms with Gasteiger partial charge in [0.25, 0.3) is 0 Å². The summed E-state index contributed by atoms with van der Waals surface area (Å²) in [6.07, 6.45) is 2.19. The van der Waals surface area contributed by atoms with Crippen LogP contribution < -0.4 is 5.32 Å². The van der Waals surface area contributed by atoms with Gasteiger partial charge in [-0.1, -0.05) is 23.2 Å². The molecule has 1 aromatic rings. The van der Waals surface area contributed by atoms with E-state index in [-0.39, 0.29) is 21.9 Å². The number of hydrogen-bond donors (Lipinski definition) is 1. The number of amides is 1. The Morgan fingerprint density at radius 1 is 1.44 bits per heavy atom. The molecule has 0 spiro atoms. The molecule has 0 saturated heterocycles. The highest BCUT2D eigenvalue weighted by Gasteiger charge is 2.11. The zero-order chi connectivity index (χ0) is 12.0. The Bertz CT molecular complexity index is 354. The molecule has 0 aliphatic rings. The third-order valence-corrected chi connectivity index (χ3v) is 2.34. The van der Waals surface area contributed by atoms with Gasteiger partial charge in [0.2, 0.25) is 5.91 Å². The van der Waals surface area contributed by atoms with Gasteiger partial charge in [-0.05, 0) is 6.42 Å². The minimum Gasteiger partial charge on any atom is -0.385 e. The molecule has 0 fully saturated rings. The SMILES string of the molecule is COCCCC(=O)Nc1c(Cl)ncnc1Cl. The maximum atomic E-state index is 11.5. The monoisotopic (exact) mass is 263 g/mol. The quantitative estimate of drug-likeness (QED) is 0.653. The van der Waals surface area contributed by atoms with E-state index in [1.807, 2.05) is 0 Å². The fourth-order valence-corrected chi connectivity index (χ4v) is 1.44. The van der Waals surface area contributed by atoms with Gasteiger partial charge in [-0.3, -0.25) is 4.79 Å². The Balaban J connectivity index is 2.56. The Morgan fingerprint density at radius 2 is 2.06 bits per heavy atom. The molecule has 0 radical (unpaired) electrons. The van der Waals surface area contributed by atoms with Crippen molar-refractivity contribution in [2.24, 2.45) is 0 Å². The first-order valence-corrected chi connectivity index (χ1v) is 5.35. The predicted octanol–water partition coefficient (Wildman–Crippen LogP) is 2.15. The molecule has 0 bridgehead atoms. The summed E-state index contributed by atoms with van der Waals surface area (Å²) in [4.78, 5) is 18.9. The van der Waals surface area contributed by atoms with Crippen LogP contribution >= 0.6 is 23.2 Å². The van der Waals surface area contributed by atoms with Gasteiger partial charge in [0.15, 0.2) is 10.3 Å². The number of ether oxygens (including phenoxy) is 1. The maximum absolute atomic E-state index is 11.5. The third-order valence-electron chi connectivity index (χ3n) is 1.77. The summed E-state index contributed by atoms with van der Waals surface area (Å²) in [6.45, 7) is 0.528. The topological polar surface area (TPSA) is 64.1 Å². The lowest BCUT2D eigenvalue weighted by Crippen LogP contribution is -2.13. The normalized spacial score (nSPS) is 10.2. The molecule has 88 valence electrons. The molecule has 7 heteroatoms. The molecule has 1 amide bonds. The van der Waals surface area contributed by atoms with Crippen molar-refractivity contribution in [2.45, 2.75) is 12.8 Å². The van der Waals surface area contributed by atoms with Gasteiger partial charge in [0, 0.05) is 20.1 Å². The van der Waals surface area contributed by atoms with Crippen molar-refractivity contribution in [3.8, 4) is 0 Å². The summed E-state index contributed by atoms with van der Waals surface area (Å²) in [5, 5.41) is 2.80. The van der Waals surface area contributed by atoms with E-state index in [2.05, 4.69) is 15.3 Å². The minimum atomic E-state index is -0.198. The Kier molecular flexibility index (Phi) is 5.45. The second-order valence-corrected chi connectivity index (χ2v) is 3.69. The lowest BCUT2D eigenvalue weighted by molar-refractivity contribution is -0.116. The summed E-state index contributed by atoms with van der Waals surface area (Å²) in [5.74, 6) is -0.198. The van der Waals surface area contributed by atoms with E-state index in [1.54, 1.807) is 7.11 Å². The summed E-state index contributed by atoms with van der Waals surface area (Å²) >= 11 is 11.5. The molecule has 1 heterocycles. The maximum Gasteiger partial charge on any atom is 0.224 e. The van der Waals surface area contributed by atoms with Gasteiger partial charge >= 0.3 is 0 Å². The Labute approximate surface area is 103 Å². The smallest absolute Gasteiger partial charge is 0.224 e. The van der Waals surface area contributed by atoms with Gasteiger partial charge in [-0.2, -0.15) is 0 Å². The summed E-state index contributed by atoms with van der Waals surface area (Å²) < 4.78 is 4.83. The molecule has 0 atom stereocenters. The van der Waals surface area contributed by atoms with Gasteiger partial charge < -0.3 is 10.1 Å². The lowest BCUT2D eigenvalue weighted by Gasteiger charge is -2.07. The van der Waals surface area contributed by atoms with Crippen LogP contribution in [-0.4, -0.2) is 29.6 Å². The second kappa shape index (κ2) is 6.62. The molecular formula is C9H11Cl2N3O2. The van der Waals surface area contributed by atoms with Crippen molar-refractivity contribution in [2.75, 3.05) is 19.0 Å². The van der Waals surface area contributed by atoms with E-state index in [1.165, 1.54) is 6.33 Å². The number of hydrogen-bond acceptors (Lipinski definition) is 4. The summed E-state index contributed by atoms with van der Waals surface area (Å²) in [6, 6.07) is 0. The number of methoxy groups -OCH3 is 1. The van der Waals surface area contributed by atoms with Crippen LogP contribution in [0, 0.1) is 0 Å². The highest BCUT2D eigenvalue weighted by Crippen LogP contribution is 2.25. The molecule has 0 aliphatic heterocycles. The summed E-state index contributed by atoms with van der Waals surface area (Å²) in [5.41, 5.74) is 0.244. The van der Waals surface area contributed by atoms with Crippen molar-refractivity contribution in [3.05, 3.63) is 16.6 Å². The molecule has 1 N–H and O–H groups in total. The highest BCUT2D eigenvalue weighted by atomic mass is 35.5. The predicted molar refractivity (Wildman–Crippen MR) is 61.8 cm³/mol. The second-order valence-electron chi connectivity index (χ2n) is 2.97. The Hall–Kier alpha value is -0.910. The summed E-state index contributed by atoms with van der Waals surface area (Å²) in [7, 11) is 1.58. The highest BCUT2D eigenvalue weighted by molar-refractivity contribution is 6.38. The van der Waals surface area contributed by atoms with Crippen LogP contribution in [0.15, 0.2) is 6.33 Å². The number of halogens is 2. The fourth-order valence-electron chi connectivity index (χ4n) is 1.03. The first kappa shape index (κ1) is 13.2. The van der Waals surface area contributed by atoms with Crippen molar-refractivity contribution >= 4 is 34.8 Å². The van der Waals surface area contributed by atoms with Crippen molar-refractivity contribution in [1.29, 1.82) is 0 Å². The van der Waals surface area contributed by atoms with E-state index in [0.29, 0.717) is 19.4 Å². The molecule has 5 nitrogen and oxygen atoms in total. The standard InChI is InChI=1S/C9H11Cl2N3O2/c1-16-4-2-3-6(15)14-7-8(10)12-5-13-9(7)11/h5H,2-4H2,1H3,(H,14,15). The van der Waals surface area contributed by atoms with E-state index >= 15 is 0 Å². The number of anilines is 1. The molecular weight excluding hydrogens is 253 g/mol. The number of rotatable bonds is 5. The average Bonchev–Trinajstić information content (AvgIpc) is 2.24.